The van der Waals surface area contributed by atoms with Crippen LogP contribution >= 0.6 is 0 Å². The molecule has 1 rings (SSSR count). The van der Waals surface area contributed by atoms with Crippen LogP contribution in [0.1, 0.15) is 90.9 Å². The molecule has 1 aromatic carbocycles. The summed E-state index contributed by atoms with van der Waals surface area (Å²) in [5, 5.41) is 0. The lowest BCUT2D eigenvalue weighted by Crippen LogP contribution is -1.97. The molecule has 146 valence electrons. The van der Waals surface area contributed by atoms with Crippen molar-refractivity contribution in [3.05, 3.63) is 24.3 Å². The Morgan fingerprint density at radius 1 is 0.640 bits per heavy atom. The molecule has 0 spiro atoms. The van der Waals surface area contributed by atoms with Gasteiger partial charge in [0.1, 0.15) is 0 Å². The molecular formula is C22H42N2O. The normalized spacial score (nSPS) is 10.3. The number of anilines is 2. The number of nitrogens with two attached hydrogens (primary N) is 2. The van der Waals surface area contributed by atoms with Gasteiger partial charge in [-0.3, -0.25) is 0 Å². The molecule has 0 atom stereocenters. The summed E-state index contributed by atoms with van der Waals surface area (Å²) in [5.41, 5.74) is 12.2. The monoisotopic (exact) mass is 350 g/mol. The van der Waals surface area contributed by atoms with Crippen molar-refractivity contribution in [2.75, 3.05) is 24.7 Å². The van der Waals surface area contributed by atoms with Gasteiger partial charge in [0.2, 0.25) is 0 Å². The number of unbranched alkanes of at least 4 members (excludes halogenated alkanes) is 10. The van der Waals surface area contributed by atoms with E-state index in [1.165, 1.54) is 77.0 Å². The first-order chi connectivity index (χ1) is 12.2. The molecule has 0 aliphatic rings. The summed E-state index contributed by atoms with van der Waals surface area (Å²) in [6.45, 7) is 6.51. The average Bonchev–Trinajstić information content (AvgIpc) is 2.59. The molecule has 0 fully saturated rings. The van der Waals surface area contributed by atoms with Crippen LogP contribution in [0.3, 0.4) is 0 Å². The van der Waals surface area contributed by atoms with Gasteiger partial charge in [-0.25, -0.2) is 0 Å². The Morgan fingerprint density at radius 3 is 1.40 bits per heavy atom. The molecule has 0 heterocycles. The van der Waals surface area contributed by atoms with Gasteiger partial charge in [-0.05, 0) is 31.0 Å². The van der Waals surface area contributed by atoms with Crippen LogP contribution in [0.15, 0.2) is 24.3 Å². The lowest BCUT2D eigenvalue weighted by atomic mass is 10.1. The van der Waals surface area contributed by atoms with Gasteiger partial charge in [0, 0.05) is 24.6 Å². The number of nitrogen functional groups attached to an aromatic ring is 2. The predicted octanol–water partition coefficient (Wildman–Crippen LogP) is 6.58. The molecule has 0 bridgehead atoms. The molecule has 0 radical (unpaired) electrons. The SMILES string of the molecule is CCCCCCCCOCCCCCCCC.Nc1cccc(N)c1. The van der Waals surface area contributed by atoms with E-state index in [4.69, 9.17) is 16.2 Å². The van der Waals surface area contributed by atoms with Gasteiger partial charge in [-0.2, -0.15) is 0 Å². The van der Waals surface area contributed by atoms with Gasteiger partial charge in [0.05, 0.1) is 0 Å². The minimum Gasteiger partial charge on any atom is -0.399 e. The maximum atomic E-state index is 5.65. The lowest BCUT2D eigenvalue weighted by Gasteiger charge is -2.04. The fourth-order valence-electron chi connectivity index (χ4n) is 2.63. The Morgan fingerprint density at radius 2 is 1.04 bits per heavy atom. The van der Waals surface area contributed by atoms with E-state index < -0.39 is 0 Å². The molecule has 25 heavy (non-hydrogen) atoms. The topological polar surface area (TPSA) is 61.3 Å². The molecule has 0 saturated carbocycles. The van der Waals surface area contributed by atoms with E-state index in [0.29, 0.717) is 11.4 Å². The number of ether oxygens (including phenoxy) is 1. The molecule has 3 heteroatoms. The first-order valence-corrected chi connectivity index (χ1v) is 10.4. The smallest absolute Gasteiger partial charge is 0.0466 e. The zero-order chi connectivity index (χ0) is 18.6. The zero-order valence-corrected chi connectivity index (χ0v) is 16.8. The van der Waals surface area contributed by atoms with Crippen LogP contribution in [0.2, 0.25) is 0 Å². The minimum atomic E-state index is 0.713. The van der Waals surface area contributed by atoms with Crippen LogP contribution in [0.25, 0.3) is 0 Å². The first kappa shape index (κ1) is 23.8. The van der Waals surface area contributed by atoms with Crippen molar-refractivity contribution < 1.29 is 4.74 Å². The van der Waals surface area contributed by atoms with Gasteiger partial charge >= 0.3 is 0 Å². The predicted molar refractivity (Wildman–Crippen MR) is 113 cm³/mol. The number of hydrogen-bond acceptors (Lipinski definition) is 3. The Balaban J connectivity index is 0.000000593. The third-order valence-electron chi connectivity index (χ3n) is 4.20. The van der Waals surface area contributed by atoms with Crippen molar-refractivity contribution >= 4 is 11.4 Å². The molecule has 4 N–H and O–H groups in total. The fourth-order valence-corrected chi connectivity index (χ4v) is 2.63. The Labute approximate surface area is 156 Å². The first-order valence-electron chi connectivity index (χ1n) is 10.4. The molecule has 0 aliphatic heterocycles. The third kappa shape index (κ3) is 19.0. The highest BCUT2D eigenvalue weighted by molar-refractivity contribution is 5.50. The van der Waals surface area contributed by atoms with E-state index in [2.05, 4.69) is 13.8 Å². The van der Waals surface area contributed by atoms with E-state index in [0.717, 1.165) is 13.2 Å². The second kappa shape index (κ2) is 19.1. The number of benzene rings is 1. The van der Waals surface area contributed by atoms with Crippen molar-refractivity contribution in [2.45, 2.75) is 90.9 Å². The van der Waals surface area contributed by atoms with E-state index in [-0.39, 0.29) is 0 Å². The molecule has 0 saturated heterocycles. The Kier molecular flexibility index (Phi) is 18.2. The summed E-state index contributed by atoms with van der Waals surface area (Å²) in [6, 6.07) is 7.15. The zero-order valence-electron chi connectivity index (χ0n) is 16.8. The Hall–Kier alpha value is -1.22. The summed E-state index contributed by atoms with van der Waals surface area (Å²) < 4.78 is 5.65. The van der Waals surface area contributed by atoms with Crippen LogP contribution in [-0.4, -0.2) is 13.2 Å². The van der Waals surface area contributed by atoms with E-state index in [9.17, 15) is 0 Å². The summed E-state index contributed by atoms with van der Waals surface area (Å²) >= 11 is 0. The van der Waals surface area contributed by atoms with Gasteiger partial charge in [-0.1, -0.05) is 84.1 Å². The summed E-state index contributed by atoms with van der Waals surface area (Å²) in [5.74, 6) is 0. The van der Waals surface area contributed by atoms with E-state index >= 15 is 0 Å². The van der Waals surface area contributed by atoms with Crippen LogP contribution in [0.5, 0.6) is 0 Å². The van der Waals surface area contributed by atoms with E-state index in [1.54, 1.807) is 18.2 Å². The van der Waals surface area contributed by atoms with Gasteiger partial charge in [0.15, 0.2) is 0 Å². The minimum absolute atomic E-state index is 0.713. The maximum Gasteiger partial charge on any atom is 0.0466 e. The Bertz CT molecular complexity index is 351. The molecule has 0 aromatic heterocycles. The van der Waals surface area contributed by atoms with Crippen LogP contribution in [-0.2, 0) is 4.74 Å². The quantitative estimate of drug-likeness (QED) is 0.294. The molecular weight excluding hydrogens is 308 g/mol. The van der Waals surface area contributed by atoms with Crippen LogP contribution in [0, 0.1) is 0 Å². The molecule has 0 amide bonds. The van der Waals surface area contributed by atoms with E-state index in [1.807, 2.05) is 6.07 Å². The molecule has 0 aliphatic carbocycles. The van der Waals surface area contributed by atoms with Crippen molar-refractivity contribution in [1.82, 2.24) is 0 Å². The van der Waals surface area contributed by atoms with Crippen LogP contribution < -0.4 is 11.5 Å². The highest BCUT2D eigenvalue weighted by Gasteiger charge is 1.92. The standard InChI is InChI=1S/C16H34O.C6H8N2/c1-3-5-7-9-11-13-15-17-16-14-12-10-8-6-4-2;7-5-2-1-3-6(8)4-5/h3-16H2,1-2H3;1-4H,7-8H2. The molecule has 3 nitrogen and oxygen atoms in total. The summed E-state index contributed by atoms with van der Waals surface area (Å²) in [6.07, 6.45) is 16.3. The summed E-state index contributed by atoms with van der Waals surface area (Å²) in [4.78, 5) is 0. The van der Waals surface area contributed by atoms with Gasteiger partial charge in [0.25, 0.3) is 0 Å². The van der Waals surface area contributed by atoms with Crippen LogP contribution in [0.4, 0.5) is 11.4 Å². The lowest BCUT2D eigenvalue weighted by molar-refractivity contribution is 0.125. The van der Waals surface area contributed by atoms with Crippen molar-refractivity contribution in [3.63, 3.8) is 0 Å². The maximum absolute atomic E-state index is 5.65. The largest absolute Gasteiger partial charge is 0.399 e. The second-order valence-electron chi connectivity index (χ2n) is 6.82. The average molecular weight is 351 g/mol. The molecule has 1 aromatic rings. The van der Waals surface area contributed by atoms with Gasteiger partial charge < -0.3 is 16.2 Å². The van der Waals surface area contributed by atoms with Crippen molar-refractivity contribution in [3.8, 4) is 0 Å². The highest BCUT2D eigenvalue weighted by Crippen LogP contribution is 2.07. The number of rotatable bonds is 14. The fraction of sp³-hybridized carbons (Fsp3) is 0.727. The second-order valence-corrected chi connectivity index (χ2v) is 6.82. The van der Waals surface area contributed by atoms with Gasteiger partial charge in [-0.15, -0.1) is 0 Å². The third-order valence-corrected chi connectivity index (χ3v) is 4.20. The summed E-state index contributed by atoms with van der Waals surface area (Å²) in [7, 11) is 0. The van der Waals surface area contributed by atoms with Crippen molar-refractivity contribution in [1.29, 1.82) is 0 Å². The molecule has 0 unspecified atom stereocenters. The number of hydrogen-bond donors (Lipinski definition) is 2. The highest BCUT2D eigenvalue weighted by atomic mass is 16.5. The van der Waals surface area contributed by atoms with Crippen molar-refractivity contribution in [2.24, 2.45) is 0 Å².